The molecule has 0 aliphatic heterocycles. The summed E-state index contributed by atoms with van der Waals surface area (Å²) in [6.07, 6.45) is -5.44. The second-order valence-electron chi connectivity index (χ2n) is 6.09. The van der Waals surface area contributed by atoms with Gasteiger partial charge in [-0.1, -0.05) is 48.0 Å². The smallest absolute Gasteiger partial charge is 0.443 e. The van der Waals surface area contributed by atoms with Crippen molar-refractivity contribution in [1.82, 2.24) is 4.72 Å². The molecule has 2 aromatic rings. The highest BCUT2D eigenvalue weighted by Crippen LogP contribution is 2.35. The van der Waals surface area contributed by atoms with Crippen LogP contribution in [0.4, 0.5) is 13.2 Å². The fourth-order valence-corrected chi connectivity index (χ4v) is 3.60. The van der Waals surface area contributed by atoms with Crippen LogP contribution in [0.25, 0.3) is 0 Å². The number of benzene rings is 2. The number of hydrogen-bond acceptors (Lipinski definition) is 5. The number of aryl methyl sites for hydroxylation is 1. The maximum absolute atomic E-state index is 14.0. The number of halogens is 3. The molecule has 0 saturated carbocycles. The Kier molecular flexibility index (Phi) is 7.04. The van der Waals surface area contributed by atoms with Crippen LogP contribution in [-0.4, -0.2) is 32.9 Å². The minimum atomic E-state index is -5.44. The summed E-state index contributed by atoms with van der Waals surface area (Å²) in [6.45, 7) is 1.89. The molecule has 0 unspecified atom stereocenters. The summed E-state index contributed by atoms with van der Waals surface area (Å²) in [5, 5.41) is 0. The van der Waals surface area contributed by atoms with Crippen molar-refractivity contribution in [2.45, 2.75) is 37.3 Å². The first kappa shape index (κ1) is 22.9. The molecule has 0 amide bonds. The van der Waals surface area contributed by atoms with E-state index >= 15 is 0 Å². The van der Waals surface area contributed by atoms with Gasteiger partial charge >= 0.3 is 17.9 Å². The molecule has 1 atom stereocenters. The van der Waals surface area contributed by atoms with Gasteiger partial charge in [0, 0.05) is 0 Å². The highest BCUT2D eigenvalue weighted by atomic mass is 32.2. The van der Waals surface area contributed by atoms with Gasteiger partial charge in [0.1, 0.15) is 0 Å². The Balaban J connectivity index is 2.48. The van der Waals surface area contributed by atoms with Crippen molar-refractivity contribution < 1.29 is 35.9 Å². The van der Waals surface area contributed by atoms with E-state index in [9.17, 15) is 26.4 Å². The number of rotatable bonds is 8. The summed E-state index contributed by atoms with van der Waals surface area (Å²) in [5.74, 6) is -1.90. The molecule has 10 heteroatoms. The lowest BCUT2D eigenvalue weighted by atomic mass is 10.2. The minimum Gasteiger partial charge on any atom is -0.463 e. The standard InChI is InChI=1S/C19H20F3NO5S/c1-3-27-17(24)18(19(20,21)22,28-13-15-7-5-4-6-8-15)23-29(25,26)16-11-9-14(2)10-12-16/h4-12,23H,3,13H2,1-2H3/t18-/m0/s1. The van der Waals surface area contributed by atoms with Crippen molar-refractivity contribution in [3.05, 3.63) is 65.7 Å². The van der Waals surface area contributed by atoms with Crippen molar-refractivity contribution >= 4 is 16.0 Å². The molecule has 0 radical (unpaired) electrons. The third-order valence-electron chi connectivity index (χ3n) is 3.87. The molecule has 0 bridgehead atoms. The average Bonchev–Trinajstić information content (AvgIpc) is 2.65. The highest BCUT2D eigenvalue weighted by Gasteiger charge is 2.65. The van der Waals surface area contributed by atoms with Gasteiger partial charge in [-0.25, -0.2) is 13.2 Å². The topological polar surface area (TPSA) is 81.7 Å². The summed E-state index contributed by atoms with van der Waals surface area (Å²) in [4.78, 5) is 11.8. The second kappa shape index (κ2) is 8.93. The van der Waals surface area contributed by atoms with Crippen molar-refractivity contribution in [2.75, 3.05) is 6.61 Å². The van der Waals surface area contributed by atoms with Gasteiger partial charge in [0.2, 0.25) is 10.0 Å². The van der Waals surface area contributed by atoms with Crippen LogP contribution in [0.15, 0.2) is 59.5 Å². The molecule has 0 saturated heterocycles. The molecule has 6 nitrogen and oxygen atoms in total. The van der Waals surface area contributed by atoms with Gasteiger partial charge in [-0.2, -0.15) is 17.9 Å². The SMILES string of the molecule is CCOC(=O)[C@](NS(=O)(=O)c1ccc(C)cc1)(OCc1ccccc1)C(F)(F)F. The first-order valence-corrected chi connectivity index (χ1v) is 10.0. The Morgan fingerprint density at radius 3 is 2.14 bits per heavy atom. The largest absolute Gasteiger partial charge is 0.463 e. The molecular formula is C19H20F3NO5S. The zero-order valence-electron chi connectivity index (χ0n) is 15.7. The molecule has 0 heterocycles. The van der Waals surface area contributed by atoms with Gasteiger partial charge in [0.15, 0.2) is 0 Å². The van der Waals surface area contributed by atoms with E-state index < -0.39 is 46.0 Å². The first-order chi connectivity index (χ1) is 13.5. The summed E-state index contributed by atoms with van der Waals surface area (Å²) in [5.41, 5.74) is -2.90. The van der Waals surface area contributed by atoms with Gasteiger partial charge in [0.25, 0.3) is 0 Å². The maximum atomic E-state index is 14.0. The molecule has 2 aromatic carbocycles. The van der Waals surface area contributed by atoms with Crippen LogP contribution >= 0.6 is 0 Å². The highest BCUT2D eigenvalue weighted by molar-refractivity contribution is 7.89. The third kappa shape index (κ3) is 5.34. The zero-order chi connectivity index (χ0) is 21.7. The van der Waals surface area contributed by atoms with E-state index in [4.69, 9.17) is 4.74 Å². The molecular weight excluding hydrogens is 411 g/mol. The van der Waals surface area contributed by atoms with Crippen LogP contribution in [0.5, 0.6) is 0 Å². The average molecular weight is 431 g/mol. The molecule has 158 valence electrons. The molecule has 0 aliphatic carbocycles. The van der Waals surface area contributed by atoms with Crippen LogP contribution in [-0.2, 0) is 30.9 Å². The van der Waals surface area contributed by atoms with E-state index in [1.165, 1.54) is 35.9 Å². The number of nitrogens with one attached hydrogen (secondary N) is 1. The van der Waals surface area contributed by atoms with E-state index in [1.807, 2.05) is 0 Å². The molecule has 0 spiro atoms. The van der Waals surface area contributed by atoms with Gasteiger partial charge in [-0.3, -0.25) is 0 Å². The molecule has 2 rings (SSSR count). The lowest BCUT2D eigenvalue weighted by Gasteiger charge is -2.33. The fourth-order valence-electron chi connectivity index (χ4n) is 2.35. The molecule has 1 N–H and O–H groups in total. The van der Waals surface area contributed by atoms with Gasteiger partial charge in [-0.05, 0) is 31.5 Å². The number of esters is 1. The van der Waals surface area contributed by atoms with Crippen molar-refractivity contribution in [3.63, 3.8) is 0 Å². The van der Waals surface area contributed by atoms with E-state index in [-0.39, 0.29) is 0 Å². The van der Waals surface area contributed by atoms with Crippen molar-refractivity contribution in [1.29, 1.82) is 0 Å². The summed E-state index contributed by atoms with van der Waals surface area (Å²) < 4.78 is 78.1. The van der Waals surface area contributed by atoms with E-state index in [0.717, 1.165) is 12.1 Å². The summed E-state index contributed by atoms with van der Waals surface area (Å²) in [7, 11) is -4.78. The Morgan fingerprint density at radius 1 is 1.03 bits per heavy atom. The first-order valence-electron chi connectivity index (χ1n) is 8.54. The van der Waals surface area contributed by atoms with Crippen LogP contribution in [0, 0.1) is 6.92 Å². The number of hydrogen-bond donors (Lipinski definition) is 1. The Bertz CT molecular complexity index is 931. The Morgan fingerprint density at radius 2 is 1.62 bits per heavy atom. The molecule has 0 aliphatic rings. The lowest BCUT2D eigenvalue weighted by molar-refractivity contribution is -0.284. The molecule has 29 heavy (non-hydrogen) atoms. The van der Waals surface area contributed by atoms with Crippen LogP contribution in [0.2, 0.25) is 0 Å². The Hall–Kier alpha value is -2.43. The number of sulfonamides is 1. The number of alkyl halides is 3. The quantitative estimate of drug-likeness (QED) is 0.512. The predicted molar refractivity (Wildman–Crippen MR) is 98.2 cm³/mol. The van der Waals surface area contributed by atoms with Crippen molar-refractivity contribution in [3.8, 4) is 0 Å². The summed E-state index contributed by atoms with van der Waals surface area (Å²) >= 11 is 0. The zero-order valence-corrected chi connectivity index (χ0v) is 16.5. The lowest BCUT2D eigenvalue weighted by Crippen LogP contribution is -2.66. The molecule has 0 fully saturated rings. The normalized spacial score (nSPS) is 14.2. The monoisotopic (exact) mass is 431 g/mol. The van der Waals surface area contributed by atoms with Crippen molar-refractivity contribution in [2.24, 2.45) is 0 Å². The Labute approximate surface area is 166 Å². The van der Waals surface area contributed by atoms with Gasteiger partial charge in [-0.15, -0.1) is 0 Å². The van der Waals surface area contributed by atoms with E-state index in [0.29, 0.717) is 11.1 Å². The van der Waals surface area contributed by atoms with E-state index in [2.05, 4.69) is 4.74 Å². The minimum absolute atomic E-state index is 0.306. The van der Waals surface area contributed by atoms with Crippen LogP contribution < -0.4 is 4.72 Å². The van der Waals surface area contributed by atoms with Crippen LogP contribution in [0.3, 0.4) is 0 Å². The number of carbonyl (C=O) groups excluding carboxylic acids is 1. The van der Waals surface area contributed by atoms with Gasteiger partial charge in [0.05, 0.1) is 18.1 Å². The fraction of sp³-hybridized carbons (Fsp3) is 0.316. The van der Waals surface area contributed by atoms with E-state index in [1.54, 1.807) is 25.1 Å². The predicted octanol–water partition coefficient (Wildman–Crippen LogP) is 3.31. The number of ether oxygens (including phenoxy) is 2. The van der Waals surface area contributed by atoms with Crippen LogP contribution in [0.1, 0.15) is 18.1 Å². The number of carbonyl (C=O) groups is 1. The van der Waals surface area contributed by atoms with Gasteiger partial charge < -0.3 is 9.47 Å². The summed E-state index contributed by atoms with van der Waals surface area (Å²) in [6, 6.07) is 12.8. The third-order valence-corrected chi connectivity index (χ3v) is 5.32. The maximum Gasteiger partial charge on any atom is 0.443 e. The second-order valence-corrected chi connectivity index (χ2v) is 7.77. The molecule has 0 aromatic heterocycles.